The smallest absolute Gasteiger partial charge is 0.215 e. The Labute approximate surface area is 190 Å². The molecule has 158 valence electrons. The maximum atomic E-state index is 6.51. The van der Waals surface area contributed by atoms with E-state index in [9.17, 15) is 0 Å². The minimum absolute atomic E-state index is 0.262. The molecule has 2 heterocycles. The van der Waals surface area contributed by atoms with Crippen molar-refractivity contribution in [2.75, 3.05) is 13.2 Å². The minimum Gasteiger partial charge on any atom is -0.491 e. The summed E-state index contributed by atoms with van der Waals surface area (Å²) in [5, 5.41) is 3.35. The van der Waals surface area contributed by atoms with Gasteiger partial charge in [-0.1, -0.05) is 59.6 Å². The van der Waals surface area contributed by atoms with Gasteiger partial charge < -0.3 is 18.8 Å². The second-order valence-corrected chi connectivity index (χ2v) is 8.33. The Morgan fingerprint density at radius 2 is 1.94 bits per heavy atom. The van der Waals surface area contributed by atoms with Gasteiger partial charge in [0.2, 0.25) is 5.79 Å². The van der Waals surface area contributed by atoms with Gasteiger partial charge in [-0.25, -0.2) is 4.98 Å². The van der Waals surface area contributed by atoms with Crippen LogP contribution in [0.5, 0.6) is 5.75 Å². The number of rotatable bonds is 6. The third-order valence-corrected chi connectivity index (χ3v) is 5.86. The van der Waals surface area contributed by atoms with Gasteiger partial charge >= 0.3 is 0 Å². The predicted molar refractivity (Wildman–Crippen MR) is 121 cm³/mol. The molecule has 1 aliphatic rings. The van der Waals surface area contributed by atoms with Gasteiger partial charge in [-0.2, -0.15) is 0 Å². The molecule has 31 heavy (non-hydrogen) atoms. The van der Waals surface area contributed by atoms with E-state index in [4.69, 9.17) is 37.4 Å². The number of halogens is 2. The van der Waals surface area contributed by atoms with Crippen LogP contribution < -0.4 is 4.74 Å². The van der Waals surface area contributed by atoms with Crippen LogP contribution in [-0.2, 0) is 21.8 Å². The Balaban J connectivity index is 1.35. The van der Waals surface area contributed by atoms with Crippen molar-refractivity contribution in [2.24, 2.45) is 0 Å². The molecule has 5 nitrogen and oxygen atoms in total. The van der Waals surface area contributed by atoms with E-state index in [1.807, 2.05) is 47.2 Å². The first kappa shape index (κ1) is 20.3. The molecule has 1 fully saturated rings. The summed E-state index contributed by atoms with van der Waals surface area (Å²) in [4.78, 5) is 4.12. The summed E-state index contributed by atoms with van der Waals surface area (Å²) in [5.41, 5.74) is 0.723. The monoisotopic (exact) mass is 454 g/mol. The first-order valence-electron chi connectivity index (χ1n) is 9.96. The summed E-state index contributed by atoms with van der Waals surface area (Å²) in [6.07, 6.45) is 5.03. The van der Waals surface area contributed by atoms with Crippen LogP contribution in [0.3, 0.4) is 0 Å². The number of benzene rings is 3. The summed E-state index contributed by atoms with van der Waals surface area (Å²) in [7, 11) is 0. The highest BCUT2D eigenvalue weighted by Gasteiger charge is 2.45. The molecular formula is C24H20Cl2N2O3. The molecule has 2 atom stereocenters. The zero-order chi connectivity index (χ0) is 21.3. The van der Waals surface area contributed by atoms with Crippen molar-refractivity contribution in [1.29, 1.82) is 0 Å². The van der Waals surface area contributed by atoms with Gasteiger partial charge in [-0.15, -0.1) is 0 Å². The Morgan fingerprint density at radius 1 is 1.06 bits per heavy atom. The molecule has 1 saturated heterocycles. The molecule has 0 amide bonds. The van der Waals surface area contributed by atoms with E-state index in [0.717, 1.165) is 16.7 Å². The molecule has 0 spiro atoms. The third kappa shape index (κ3) is 4.27. The summed E-state index contributed by atoms with van der Waals surface area (Å²) in [5.74, 6) is -0.265. The van der Waals surface area contributed by atoms with Gasteiger partial charge in [0.1, 0.15) is 18.5 Å². The first-order chi connectivity index (χ1) is 15.1. The molecule has 0 saturated carbocycles. The summed E-state index contributed by atoms with van der Waals surface area (Å²) in [6.45, 7) is 1.14. The van der Waals surface area contributed by atoms with Crippen LogP contribution in [0.4, 0.5) is 0 Å². The number of hydrogen-bond donors (Lipinski definition) is 0. The molecule has 3 aromatic carbocycles. The molecule has 1 aliphatic heterocycles. The topological polar surface area (TPSA) is 45.5 Å². The lowest BCUT2D eigenvalue weighted by atomic mass is 10.1. The molecule has 5 rings (SSSR count). The molecule has 2 unspecified atom stereocenters. The van der Waals surface area contributed by atoms with Crippen molar-refractivity contribution in [3.8, 4) is 5.75 Å². The average molecular weight is 455 g/mol. The lowest BCUT2D eigenvalue weighted by molar-refractivity contribution is -0.189. The number of ether oxygens (including phenoxy) is 3. The van der Waals surface area contributed by atoms with Crippen molar-refractivity contribution in [3.05, 3.63) is 95.0 Å². The van der Waals surface area contributed by atoms with Gasteiger partial charge in [0.15, 0.2) is 0 Å². The Morgan fingerprint density at radius 3 is 2.74 bits per heavy atom. The van der Waals surface area contributed by atoms with Gasteiger partial charge in [-0.3, -0.25) is 0 Å². The van der Waals surface area contributed by atoms with Crippen molar-refractivity contribution in [2.45, 2.75) is 18.4 Å². The fraction of sp³-hybridized carbons (Fsp3) is 0.208. The van der Waals surface area contributed by atoms with E-state index >= 15 is 0 Å². The number of imidazole rings is 1. The summed E-state index contributed by atoms with van der Waals surface area (Å²) < 4.78 is 20.6. The zero-order valence-corrected chi connectivity index (χ0v) is 18.1. The number of aromatic nitrogens is 2. The van der Waals surface area contributed by atoms with Crippen LogP contribution in [0.25, 0.3) is 10.8 Å². The quantitative estimate of drug-likeness (QED) is 0.375. The van der Waals surface area contributed by atoms with Gasteiger partial charge in [0, 0.05) is 23.0 Å². The van der Waals surface area contributed by atoms with Crippen LogP contribution in [0.15, 0.2) is 79.4 Å². The van der Waals surface area contributed by atoms with E-state index in [-0.39, 0.29) is 6.10 Å². The second-order valence-electron chi connectivity index (χ2n) is 7.48. The first-order valence-corrected chi connectivity index (χ1v) is 10.7. The zero-order valence-electron chi connectivity index (χ0n) is 16.6. The minimum atomic E-state index is -1.06. The molecule has 4 aromatic rings. The molecule has 0 N–H and O–H groups in total. The Bertz CT molecular complexity index is 1200. The maximum absolute atomic E-state index is 6.51. The van der Waals surface area contributed by atoms with Crippen LogP contribution >= 0.6 is 23.2 Å². The van der Waals surface area contributed by atoms with E-state index in [1.165, 1.54) is 5.39 Å². The normalized spacial score (nSPS) is 20.9. The van der Waals surface area contributed by atoms with E-state index in [1.54, 1.807) is 24.7 Å². The highest BCUT2D eigenvalue weighted by atomic mass is 35.5. The van der Waals surface area contributed by atoms with Crippen LogP contribution in [0.1, 0.15) is 5.56 Å². The SMILES string of the molecule is Clc1ccc(C2(Cn3ccnc3)OCC(COc3ccc4ccccc4c3)O2)c(Cl)c1. The maximum Gasteiger partial charge on any atom is 0.215 e. The molecule has 7 heteroatoms. The largest absolute Gasteiger partial charge is 0.491 e. The molecule has 0 bridgehead atoms. The lowest BCUT2D eigenvalue weighted by Gasteiger charge is -2.30. The third-order valence-electron chi connectivity index (χ3n) is 5.31. The van der Waals surface area contributed by atoms with Gasteiger partial charge in [0.05, 0.1) is 24.5 Å². The molecule has 0 radical (unpaired) electrons. The van der Waals surface area contributed by atoms with E-state index in [2.05, 4.69) is 17.1 Å². The highest BCUT2D eigenvalue weighted by Crippen LogP contribution is 2.40. The second kappa shape index (κ2) is 8.52. The van der Waals surface area contributed by atoms with Crippen molar-refractivity contribution in [1.82, 2.24) is 9.55 Å². The Hall–Kier alpha value is -2.57. The average Bonchev–Trinajstić information content (AvgIpc) is 3.43. The fourth-order valence-corrected chi connectivity index (χ4v) is 4.37. The highest BCUT2D eigenvalue weighted by molar-refractivity contribution is 6.35. The van der Waals surface area contributed by atoms with Crippen molar-refractivity contribution < 1.29 is 14.2 Å². The summed E-state index contributed by atoms with van der Waals surface area (Å²) >= 11 is 12.6. The van der Waals surface area contributed by atoms with Crippen LogP contribution in [-0.4, -0.2) is 28.9 Å². The van der Waals surface area contributed by atoms with E-state index < -0.39 is 5.79 Å². The Kier molecular flexibility index (Phi) is 5.59. The number of nitrogens with zero attached hydrogens (tertiary/aromatic N) is 2. The molecule has 1 aromatic heterocycles. The summed E-state index contributed by atoms with van der Waals surface area (Å²) in [6, 6.07) is 19.5. The standard InChI is InChI=1S/C24H20Cl2N2O3/c25-19-6-8-22(23(26)12-19)24(15-28-10-9-27-16-28)30-14-21(31-24)13-29-20-7-5-17-3-1-2-4-18(17)11-20/h1-12,16,21H,13-15H2. The number of fused-ring (bicyclic) bond motifs is 1. The molecular weight excluding hydrogens is 435 g/mol. The van der Waals surface area contributed by atoms with Crippen molar-refractivity contribution >= 4 is 34.0 Å². The van der Waals surface area contributed by atoms with E-state index in [0.29, 0.717) is 29.8 Å². The lowest BCUT2D eigenvalue weighted by Crippen LogP contribution is -2.34. The fourth-order valence-electron chi connectivity index (χ4n) is 3.82. The number of hydrogen-bond acceptors (Lipinski definition) is 4. The van der Waals surface area contributed by atoms with Crippen molar-refractivity contribution in [3.63, 3.8) is 0 Å². The molecule has 0 aliphatic carbocycles. The van der Waals surface area contributed by atoms with Crippen LogP contribution in [0, 0.1) is 0 Å². The van der Waals surface area contributed by atoms with Gasteiger partial charge in [0.25, 0.3) is 0 Å². The van der Waals surface area contributed by atoms with Gasteiger partial charge in [-0.05, 0) is 35.0 Å². The predicted octanol–water partition coefficient (Wildman–Crippen LogP) is 5.69. The van der Waals surface area contributed by atoms with Crippen LogP contribution in [0.2, 0.25) is 10.0 Å².